The Morgan fingerprint density at radius 3 is 1.57 bits per heavy atom. The second kappa shape index (κ2) is 10.9. The molecule has 0 spiro atoms. The molecule has 0 amide bonds. The molecule has 4 aromatic rings. The van der Waals surface area contributed by atoms with Crippen molar-refractivity contribution in [2.45, 2.75) is 58.2 Å². The third-order valence-corrected chi connectivity index (χ3v) is 9.38. The smallest absolute Gasteiger partial charge is 0.387 e. The number of hydrogen-bond donors (Lipinski definition) is 2. The predicted molar refractivity (Wildman–Crippen MR) is 143 cm³/mol. The molecule has 0 aliphatic carbocycles. The topological polar surface area (TPSA) is 66.2 Å². The van der Waals surface area contributed by atoms with Crippen LogP contribution < -0.4 is 0 Å². The van der Waals surface area contributed by atoms with Gasteiger partial charge in [0.2, 0.25) is 0 Å². The van der Waals surface area contributed by atoms with Crippen LogP contribution in [0.3, 0.4) is 0 Å². The maximum absolute atomic E-state index is 13.0. The lowest BCUT2D eigenvalue weighted by Gasteiger charge is -2.33. The molecular weight excluding hydrogens is 574 g/mol. The molecule has 0 saturated carbocycles. The summed E-state index contributed by atoms with van der Waals surface area (Å²) in [5.74, 6) is -0.371. The van der Waals surface area contributed by atoms with Gasteiger partial charge in [0.05, 0.1) is 38.4 Å². The lowest BCUT2D eigenvalue weighted by Crippen LogP contribution is -2.34. The number of halogens is 6. The number of alkyl halides is 6. The molecule has 12 heteroatoms. The molecule has 40 heavy (non-hydrogen) atoms. The average molecular weight is 601 g/mol. The summed E-state index contributed by atoms with van der Waals surface area (Å²) < 4.78 is 77.7. The zero-order chi connectivity index (χ0) is 29.6. The summed E-state index contributed by atoms with van der Waals surface area (Å²) in [5.41, 5.74) is -1.16. The second-order valence-corrected chi connectivity index (χ2v) is 11.9. The maximum Gasteiger partial charge on any atom is 0.416 e. The van der Waals surface area contributed by atoms with Gasteiger partial charge in [-0.05, 0) is 44.0 Å². The minimum atomic E-state index is -4.46. The van der Waals surface area contributed by atoms with E-state index in [0.29, 0.717) is 42.3 Å². The number of nitrogens with zero attached hydrogens (tertiary/aromatic N) is 2. The zero-order valence-electron chi connectivity index (χ0n) is 21.9. The molecule has 2 aromatic heterocycles. The Kier molecular flexibility index (Phi) is 8.21. The van der Waals surface area contributed by atoms with Crippen LogP contribution in [-0.4, -0.2) is 20.2 Å². The fraction of sp³-hybridized carbons (Fsp3) is 0.357. The van der Waals surface area contributed by atoms with E-state index in [2.05, 4.69) is 9.97 Å². The van der Waals surface area contributed by atoms with Crippen molar-refractivity contribution >= 4 is 22.7 Å². The minimum absolute atomic E-state index is 0.115. The van der Waals surface area contributed by atoms with E-state index < -0.39 is 35.2 Å². The van der Waals surface area contributed by atoms with Crippen LogP contribution in [0.15, 0.2) is 48.5 Å². The number of benzene rings is 2. The molecule has 2 unspecified atom stereocenters. The molecule has 4 nitrogen and oxygen atoms in total. The average Bonchev–Trinajstić information content (AvgIpc) is 3.46. The van der Waals surface area contributed by atoms with Gasteiger partial charge in [0.15, 0.2) is 0 Å². The highest BCUT2D eigenvalue weighted by Crippen LogP contribution is 2.46. The summed E-state index contributed by atoms with van der Waals surface area (Å²) in [6.07, 6.45) is -10.2. The zero-order valence-corrected chi connectivity index (χ0v) is 23.5. The normalized spacial score (nSPS) is 14.9. The van der Waals surface area contributed by atoms with E-state index in [1.54, 1.807) is 27.7 Å². The lowest BCUT2D eigenvalue weighted by molar-refractivity contribution is -0.138. The van der Waals surface area contributed by atoms with E-state index in [9.17, 15) is 36.6 Å². The van der Waals surface area contributed by atoms with Crippen molar-refractivity contribution < 1.29 is 36.6 Å². The molecule has 0 saturated heterocycles. The fourth-order valence-electron chi connectivity index (χ4n) is 4.34. The summed E-state index contributed by atoms with van der Waals surface area (Å²) in [6, 6.07) is 9.21. The van der Waals surface area contributed by atoms with Crippen molar-refractivity contribution in [1.29, 1.82) is 0 Å². The first-order valence-electron chi connectivity index (χ1n) is 12.2. The summed E-state index contributed by atoms with van der Waals surface area (Å²) in [5, 5.41) is 23.9. The van der Waals surface area contributed by atoms with Crippen LogP contribution in [0, 0.1) is 19.8 Å². The second-order valence-electron chi connectivity index (χ2n) is 9.85. The number of aromatic nitrogens is 2. The first kappa shape index (κ1) is 30.2. The van der Waals surface area contributed by atoms with E-state index in [1.807, 2.05) is 0 Å². The van der Waals surface area contributed by atoms with Crippen molar-refractivity contribution in [3.63, 3.8) is 0 Å². The van der Waals surface area contributed by atoms with Crippen LogP contribution in [0.5, 0.6) is 0 Å². The molecule has 0 bridgehead atoms. The van der Waals surface area contributed by atoms with Crippen molar-refractivity contribution in [3.05, 3.63) is 80.8 Å². The van der Waals surface area contributed by atoms with Gasteiger partial charge in [0, 0.05) is 17.5 Å². The van der Waals surface area contributed by atoms with Gasteiger partial charge in [-0.15, -0.1) is 22.7 Å². The molecule has 2 aromatic carbocycles. The Bertz CT molecular complexity index is 1470. The molecule has 0 aliphatic rings. The van der Waals surface area contributed by atoms with Gasteiger partial charge in [0.1, 0.15) is 15.6 Å². The first-order valence-corrected chi connectivity index (χ1v) is 13.8. The quantitative estimate of drug-likeness (QED) is 0.209. The minimum Gasteiger partial charge on any atom is -0.387 e. The molecule has 4 rings (SSSR count). The van der Waals surface area contributed by atoms with Gasteiger partial charge in [-0.25, -0.2) is 9.97 Å². The van der Waals surface area contributed by atoms with Gasteiger partial charge >= 0.3 is 12.4 Å². The summed E-state index contributed by atoms with van der Waals surface area (Å²) in [4.78, 5) is 9.88. The van der Waals surface area contributed by atoms with Crippen LogP contribution in [0.25, 0.3) is 21.1 Å². The Hall–Kier alpha value is -2.80. The third-order valence-electron chi connectivity index (χ3n) is 6.70. The molecular formula is C28H26F6N2O2S2. The third kappa shape index (κ3) is 6.09. The summed E-state index contributed by atoms with van der Waals surface area (Å²) in [7, 11) is 0. The lowest BCUT2D eigenvalue weighted by atomic mass is 9.82. The number of aliphatic hydroxyl groups is 2. The van der Waals surface area contributed by atoms with Crippen LogP contribution in [0.2, 0.25) is 0 Å². The summed E-state index contributed by atoms with van der Waals surface area (Å²) in [6.45, 7) is 6.95. The van der Waals surface area contributed by atoms with Crippen LogP contribution in [0.1, 0.15) is 58.6 Å². The van der Waals surface area contributed by atoms with Gasteiger partial charge in [0.25, 0.3) is 0 Å². The Morgan fingerprint density at radius 2 is 1.15 bits per heavy atom. The Balaban J connectivity index is 1.61. The van der Waals surface area contributed by atoms with Crippen LogP contribution >= 0.6 is 22.7 Å². The highest BCUT2D eigenvalue weighted by molar-refractivity contribution is 7.15. The summed E-state index contributed by atoms with van der Waals surface area (Å²) >= 11 is 2.28. The molecule has 0 fully saturated rings. The predicted octanol–water partition coefficient (Wildman–Crippen LogP) is 8.56. The van der Waals surface area contributed by atoms with E-state index in [1.165, 1.54) is 24.3 Å². The van der Waals surface area contributed by atoms with Crippen molar-refractivity contribution in [2.75, 3.05) is 0 Å². The number of hydrogen-bond acceptors (Lipinski definition) is 6. The highest BCUT2D eigenvalue weighted by atomic mass is 32.1. The fourth-order valence-corrected chi connectivity index (χ4v) is 6.72. The van der Waals surface area contributed by atoms with E-state index >= 15 is 0 Å². The van der Waals surface area contributed by atoms with Crippen molar-refractivity contribution in [3.8, 4) is 21.1 Å². The molecule has 2 heterocycles. The highest BCUT2D eigenvalue weighted by Gasteiger charge is 2.40. The van der Waals surface area contributed by atoms with Gasteiger partial charge in [-0.3, -0.25) is 0 Å². The van der Waals surface area contributed by atoms with Gasteiger partial charge < -0.3 is 10.2 Å². The SMILES string of the molecule is Cc1nc(-c2ccc(C(F)(F)F)cc2)sc1C(O)CC(O)(c1sc(-c2ccc(C(F)(F)F)cc2)nc1C)C(C)C. The monoisotopic (exact) mass is 600 g/mol. The Morgan fingerprint density at radius 1 is 0.725 bits per heavy atom. The van der Waals surface area contributed by atoms with Gasteiger partial charge in [-0.2, -0.15) is 26.3 Å². The van der Waals surface area contributed by atoms with Gasteiger partial charge in [-0.1, -0.05) is 38.1 Å². The molecule has 0 radical (unpaired) electrons. The van der Waals surface area contributed by atoms with E-state index in [-0.39, 0.29) is 12.3 Å². The number of thiazole rings is 2. The number of rotatable bonds is 7. The standard InChI is InChI=1S/C28H26F6N2O2S2/c1-14(2)26(38,23-16(4)36-25(40-23)18-7-11-20(12-8-18)28(32,33)34)13-21(37)22-15(3)35-24(39-22)17-5-9-19(10-6-17)27(29,30)31/h5-12,14,21,37-38H,13H2,1-4H3. The number of aryl methyl sites for hydroxylation is 2. The number of aliphatic hydroxyl groups excluding tert-OH is 1. The molecule has 0 aliphatic heterocycles. The van der Waals surface area contributed by atoms with Crippen molar-refractivity contribution in [2.24, 2.45) is 5.92 Å². The maximum atomic E-state index is 13.0. The van der Waals surface area contributed by atoms with Crippen LogP contribution in [0.4, 0.5) is 26.3 Å². The molecule has 214 valence electrons. The molecule has 2 N–H and O–H groups in total. The Labute approximate surface area is 235 Å². The van der Waals surface area contributed by atoms with Crippen LogP contribution in [-0.2, 0) is 18.0 Å². The largest absolute Gasteiger partial charge is 0.416 e. The molecule has 2 atom stereocenters. The van der Waals surface area contributed by atoms with E-state index in [4.69, 9.17) is 0 Å². The van der Waals surface area contributed by atoms with Crippen molar-refractivity contribution in [1.82, 2.24) is 9.97 Å². The van der Waals surface area contributed by atoms with E-state index in [0.717, 1.165) is 46.9 Å². The first-order chi connectivity index (χ1) is 18.5.